The Bertz CT molecular complexity index is 358. The Labute approximate surface area is 99.9 Å². The number of ether oxygens (including phenoxy) is 1. The van der Waals surface area contributed by atoms with E-state index in [4.69, 9.17) is 10.6 Å². The van der Waals surface area contributed by atoms with Crippen LogP contribution in [-0.4, -0.2) is 12.5 Å². The molecule has 17 heavy (non-hydrogen) atoms. The van der Waals surface area contributed by atoms with Crippen LogP contribution in [0.15, 0.2) is 24.3 Å². The van der Waals surface area contributed by atoms with Crippen LogP contribution in [0.25, 0.3) is 0 Å². The van der Waals surface area contributed by atoms with Crippen LogP contribution in [0.3, 0.4) is 0 Å². The summed E-state index contributed by atoms with van der Waals surface area (Å²) in [6.07, 6.45) is 1.85. The summed E-state index contributed by atoms with van der Waals surface area (Å²) in [5, 5.41) is 0. The number of hydrogen-bond donors (Lipinski definition) is 2. The van der Waals surface area contributed by atoms with Gasteiger partial charge in [-0.1, -0.05) is 18.2 Å². The van der Waals surface area contributed by atoms with E-state index in [1.54, 1.807) is 18.2 Å². The number of amides is 1. The van der Waals surface area contributed by atoms with Crippen molar-refractivity contribution in [2.45, 2.75) is 25.9 Å². The Morgan fingerprint density at radius 3 is 2.82 bits per heavy atom. The zero-order chi connectivity index (χ0) is 12.5. The molecule has 1 amide bonds. The van der Waals surface area contributed by atoms with Crippen molar-refractivity contribution in [3.63, 3.8) is 0 Å². The molecule has 1 rings (SSSR count). The number of hydrogen-bond acceptors (Lipinski definition) is 3. The minimum Gasteiger partial charge on any atom is -0.377 e. The molecule has 0 radical (unpaired) electrons. The Hall–Kier alpha value is -1.46. The number of benzene rings is 1. The van der Waals surface area contributed by atoms with Crippen molar-refractivity contribution < 1.29 is 13.9 Å². The predicted octanol–water partition coefficient (Wildman–Crippen LogP) is 1.50. The highest BCUT2D eigenvalue weighted by molar-refractivity contribution is 5.74. The van der Waals surface area contributed by atoms with Gasteiger partial charge in [0, 0.05) is 18.6 Å². The summed E-state index contributed by atoms with van der Waals surface area (Å²) in [6.45, 7) is 0.766. The lowest BCUT2D eigenvalue weighted by Crippen LogP contribution is -2.29. The molecule has 0 aromatic heterocycles. The SMILES string of the molecule is NNC(=O)CCCCOCc1ccccc1F. The fraction of sp³-hybridized carbons (Fsp3) is 0.417. The number of rotatable bonds is 7. The van der Waals surface area contributed by atoms with E-state index in [9.17, 15) is 9.18 Å². The Morgan fingerprint density at radius 1 is 1.35 bits per heavy atom. The Kier molecular flexibility index (Phi) is 6.21. The molecule has 0 aliphatic carbocycles. The summed E-state index contributed by atoms with van der Waals surface area (Å²) in [6, 6.07) is 6.51. The summed E-state index contributed by atoms with van der Waals surface area (Å²) in [5.41, 5.74) is 2.61. The Morgan fingerprint density at radius 2 is 2.12 bits per heavy atom. The quantitative estimate of drug-likeness (QED) is 0.328. The fourth-order valence-electron chi connectivity index (χ4n) is 1.36. The van der Waals surface area contributed by atoms with Gasteiger partial charge in [-0.15, -0.1) is 0 Å². The molecule has 0 unspecified atom stereocenters. The largest absolute Gasteiger partial charge is 0.377 e. The van der Waals surface area contributed by atoms with E-state index < -0.39 is 0 Å². The molecule has 0 heterocycles. The van der Waals surface area contributed by atoms with Gasteiger partial charge in [-0.25, -0.2) is 10.2 Å². The van der Waals surface area contributed by atoms with E-state index in [2.05, 4.69) is 5.43 Å². The van der Waals surface area contributed by atoms with Crippen LogP contribution in [0, 0.1) is 5.82 Å². The average molecular weight is 240 g/mol. The van der Waals surface area contributed by atoms with E-state index in [-0.39, 0.29) is 18.3 Å². The molecular weight excluding hydrogens is 223 g/mol. The maximum atomic E-state index is 13.2. The minimum absolute atomic E-state index is 0.181. The normalized spacial score (nSPS) is 10.2. The minimum atomic E-state index is -0.255. The van der Waals surface area contributed by atoms with Crippen molar-refractivity contribution in [3.05, 3.63) is 35.6 Å². The number of carbonyl (C=O) groups is 1. The molecule has 0 saturated heterocycles. The van der Waals surface area contributed by atoms with Crippen LogP contribution in [-0.2, 0) is 16.1 Å². The van der Waals surface area contributed by atoms with Gasteiger partial charge < -0.3 is 4.74 Å². The second kappa shape index (κ2) is 7.76. The van der Waals surface area contributed by atoms with Crippen molar-refractivity contribution in [1.29, 1.82) is 0 Å². The number of carbonyl (C=O) groups excluding carboxylic acids is 1. The molecule has 0 aliphatic rings. The van der Waals surface area contributed by atoms with Crippen LogP contribution in [0.4, 0.5) is 4.39 Å². The molecule has 1 aromatic rings. The molecular formula is C12H17FN2O2. The van der Waals surface area contributed by atoms with Crippen molar-refractivity contribution >= 4 is 5.91 Å². The highest BCUT2D eigenvalue weighted by Crippen LogP contribution is 2.08. The van der Waals surface area contributed by atoms with Gasteiger partial charge in [0.05, 0.1) is 6.61 Å². The van der Waals surface area contributed by atoms with Crippen molar-refractivity contribution in [1.82, 2.24) is 5.43 Å². The molecule has 0 fully saturated rings. The van der Waals surface area contributed by atoms with E-state index in [1.165, 1.54) is 6.07 Å². The summed E-state index contributed by atoms with van der Waals surface area (Å²) < 4.78 is 18.5. The zero-order valence-electron chi connectivity index (χ0n) is 9.62. The molecule has 1 aromatic carbocycles. The molecule has 0 bridgehead atoms. The monoisotopic (exact) mass is 240 g/mol. The molecule has 5 heteroatoms. The van der Waals surface area contributed by atoms with Gasteiger partial charge in [-0.3, -0.25) is 10.2 Å². The maximum Gasteiger partial charge on any atom is 0.233 e. The third-order valence-corrected chi connectivity index (χ3v) is 2.32. The first kappa shape index (κ1) is 13.6. The molecule has 4 nitrogen and oxygen atoms in total. The molecule has 0 spiro atoms. The number of halogens is 1. The summed E-state index contributed by atoms with van der Waals surface area (Å²) in [4.78, 5) is 10.8. The maximum absolute atomic E-state index is 13.2. The molecule has 94 valence electrons. The summed E-state index contributed by atoms with van der Waals surface area (Å²) >= 11 is 0. The first-order valence-corrected chi connectivity index (χ1v) is 5.54. The standard InChI is InChI=1S/C12H17FN2O2/c13-11-6-2-1-5-10(11)9-17-8-4-3-7-12(16)15-14/h1-2,5-6H,3-4,7-9,14H2,(H,15,16). The van der Waals surface area contributed by atoms with Gasteiger partial charge in [0.15, 0.2) is 0 Å². The fourth-order valence-corrected chi connectivity index (χ4v) is 1.36. The Balaban J connectivity index is 2.09. The van der Waals surface area contributed by atoms with Crippen molar-refractivity contribution in [2.75, 3.05) is 6.61 Å². The molecule has 0 saturated carbocycles. The van der Waals surface area contributed by atoms with Crippen LogP contribution in [0.5, 0.6) is 0 Å². The van der Waals surface area contributed by atoms with E-state index >= 15 is 0 Å². The molecule has 3 N–H and O–H groups in total. The lowest BCUT2D eigenvalue weighted by molar-refractivity contribution is -0.121. The summed E-state index contributed by atoms with van der Waals surface area (Å²) in [7, 11) is 0. The van der Waals surface area contributed by atoms with Gasteiger partial charge in [0.1, 0.15) is 5.82 Å². The third-order valence-electron chi connectivity index (χ3n) is 2.32. The van der Waals surface area contributed by atoms with Gasteiger partial charge >= 0.3 is 0 Å². The van der Waals surface area contributed by atoms with Gasteiger partial charge in [-0.2, -0.15) is 0 Å². The first-order valence-electron chi connectivity index (χ1n) is 5.54. The van der Waals surface area contributed by atoms with Crippen molar-refractivity contribution in [3.8, 4) is 0 Å². The van der Waals surface area contributed by atoms with E-state index in [0.717, 1.165) is 6.42 Å². The van der Waals surface area contributed by atoms with Gasteiger partial charge in [-0.05, 0) is 18.9 Å². The second-order valence-electron chi connectivity index (χ2n) is 3.67. The van der Waals surface area contributed by atoms with Crippen LogP contribution in [0.1, 0.15) is 24.8 Å². The zero-order valence-corrected chi connectivity index (χ0v) is 9.62. The van der Waals surface area contributed by atoms with Crippen LogP contribution < -0.4 is 11.3 Å². The van der Waals surface area contributed by atoms with Crippen molar-refractivity contribution in [2.24, 2.45) is 5.84 Å². The highest BCUT2D eigenvalue weighted by atomic mass is 19.1. The van der Waals surface area contributed by atoms with Crippen LogP contribution in [0.2, 0.25) is 0 Å². The van der Waals surface area contributed by atoms with Gasteiger partial charge in [0.2, 0.25) is 5.91 Å². The van der Waals surface area contributed by atoms with Gasteiger partial charge in [0.25, 0.3) is 0 Å². The number of hydrazine groups is 1. The third kappa shape index (κ3) is 5.42. The second-order valence-corrected chi connectivity index (χ2v) is 3.67. The lowest BCUT2D eigenvalue weighted by Gasteiger charge is -2.05. The smallest absolute Gasteiger partial charge is 0.233 e. The number of nitrogens with one attached hydrogen (secondary N) is 1. The molecule has 0 atom stereocenters. The highest BCUT2D eigenvalue weighted by Gasteiger charge is 2.01. The predicted molar refractivity (Wildman–Crippen MR) is 62.2 cm³/mol. The van der Waals surface area contributed by atoms with Crippen LogP contribution >= 0.6 is 0 Å². The number of nitrogens with two attached hydrogens (primary N) is 1. The topological polar surface area (TPSA) is 64.3 Å². The molecule has 0 aliphatic heterocycles. The first-order chi connectivity index (χ1) is 8.24. The average Bonchev–Trinajstić information content (AvgIpc) is 2.35. The number of unbranched alkanes of at least 4 members (excludes halogenated alkanes) is 1. The lowest BCUT2D eigenvalue weighted by atomic mass is 10.2. The van der Waals surface area contributed by atoms with E-state index in [0.29, 0.717) is 25.0 Å². The van der Waals surface area contributed by atoms with E-state index in [1.807, 2.05) is 0 Å². The summed E-state index contributed by atoms with van der Waals surface area (Å²) in [5.74, 6) is 4.50.